The monoisotopic (exact) mass is 317 g/mol. The van der Waals surface area contributed by atoms with E-state index in [0.29, 0.717) is 12.5 Å². The SMILES string of the molecule is CCNC(=NCc1ccc(F)cc1)NCC(C)Cn1cccn1. The molecule has 0 spiro atoms. The first-order valence-electron chi connectivity index (χ1n) is 7.91. The molecule has 1 atom stereocenters. The number of benzene rings is 1. The molecule has 0 saturated carbocycles. The van der Waals surface area contributed by atoms with Gasteiger partial charge in [0.1, 0.15) is 5.82 Å². The van der Waals surface area contributed by atoms with E-state index in [1.807, 2.05) is 23.9 Å². The number of nitrogens with one attached hydrogen (secondary N) is 2. The van der Waals surface area contributed by atoms with Crippen LogP contribution in [0.2, 0.25) is 0 Å². The summed E-state index contributed by atoms with van der Waals surface area (Å²) >= 11 is 0. The lowest BCUT2D eigenvalue weighted by molar-refractivity contribution is 0.443. The van der Waals surface area contributed by atoms with Gasteiger partial charge in [0, 0.05) is 32.0 Å². The summed E-state index contributed by atoms with van der Waals surface area (Å²) in [6.07, 6.45) is 3.75. The average molecular weight is 317 g/mol. The maximum absolute atomic E-state index is 12.9. The second-order valence-electron chi connectivity index (χ2n) is 5.54. The van der Waals surface area contributed by atoms with E-state index in [-0.39, 0.29) is 5.82 Å². The Hall–Kier alpha value is -2.37. The van der Waals surface area contributed by atoms with Crippen LogP contribution in [0.1, 0.15) is 19.4 Å². The van der Waals surface area contributed by atoms with Gasteiger partial charge in [-0.3, -0.25) is 4.68 Å². The molecule has 2 N–H and O–H groups in total. The first-order chi connectivity index (χ1) is 11.2. The van der Waals surface area contributed by atoms with Crippen LogP contribution in [0.4, 0.5) is 4.39 Å². The van der Waals surface area contributed by atoms with E-state index in [4.69, 9.17) is 0 Å². The molecule has 1 heterocycles. The third-order valence-corrected chi connectivity index (χ3v) is 3.35. The molecule has 6 heteroatoms. The molecule has 5 nitrogen and oxygen atoms in total. The maximum atomic E-state index is 12.9. The van der Waals surface area contributed by atoms with Crippen molar-refractivity contribution in [2.75, 3.05) is 13.1 Å². The standard InChI is InChI=1S/C17H24FN5/c1-3-19-17(21-12-15-5-7-16(18)8-6-15)20-11-14(2)13-23-10-4-9-22-23/h4-10,14H,3,11-13H2,1-2H3,(H2,19,20,21). The average Bonchev–Trinajstić information content (AvgIpc) is 3.04. The Morgan fingerprint density at radius 1 is 1.30 bits per heavy atom. The van der Waals surface area contributed by atoms with Crippen molar-refractivity contribution in [2.45, 2.75) is 26.9 Å². The maximum Gasteiger partial charge on any atom is 0.191 e. The number of aliphatic imine (C=N–C) groups is 1. The highest BCUT2D eigenvalue weighted by Crippen LogP contribution is 2.04. The van der Waals surface area contributed by atoms with Gasteiger partial charge in [-0.2, -0.15) is 5.10 Å². The van der Waals surface area contributed by atoms with Crippen molar-refractivity contribution in [1.82, 2.24) is 20.4 Å². The number of guanidine groups is 1. The lowest BCUT2D eigenvalue weighted by Crippen LogP contribution is -2.40. The van der Waals surface area contributed by atoms with E-state index >= 15 is 0 Å². The molecule has 23 heavy (non-hydrogen) atoms. The molecule has 0 aliphatic rings. The van der Waals surface area contributed by atoms with Crippen molar-refractivity contribution in [3.05, 3.63) is 54.1 Å². The van der Waals surface area contributed by atoms with Crippen molar-refractivity contribution < 1.29 is 4.39 Å². The molecule has 0 bridgehead atoms. The molecule has 0 saturated heterocycles. The van der Waals surface area contributed by atoms with E-state index in [2.05, 4.69) is 27.6 Å². The summed E-state index contributed by atoms with van der Waals surface area (Å²) in [5, 5.41) is 10.8. The van der Waals surface area contributed by atoms with E-state index in [1.54, 1.807) is 18.3 Å². The summed E-state index contributed by atoms with van der Waals surface area (Å²) in [6, 6.07) is 8.34. The van der Waals surface area contributed by atoms with Gasteiger partial charge in [0.15, 0.2) is 5.96 Å². The highest BCUT2D eigenvalue weighted by atomic mass is 19.1. The van der Waals surface area contributed by atoms with Crippen molar-refractivity contribution >= 4 is 5.96 Å². The first-order valence-corrected chi connectivity index (χ1v) is 7.91. The normalized spacial score (nSPS) is 12.9. The fourth-order valence-electron chi connectivity index (χ4n) is 2.17. The lowest BCUT2D eigenvalue weighted by atomic mass is 10.2. The number of aromatic nitrogens is 2. The summed E-state index contributed by atoms with van der Waals surface area (Å²) < 4.78 is 14.8. The first kappa shape index (κ1) is 17.0. The number of nitrogens with zero attached hydrogens (tertiary/aromatic N) is 3. The van der Waals surface area contributed by atoms with Crippen LogP contribution in [0.25, 0.3) is 0 Å². The second-order valence-corrected chi connectivity index (χ2v) is 5.54. The van der Waals surface area contributed by atoms with Crippen LogP contribution < -0.4 is 10.6 Å². The Morgan fingerprint density at radius 3 is 2.74 bits per heavy atom. The molecule has 0 radical (unpaired) electrons. The van der Waals surface area contributed by atoms with E-state index in [1.165, 1.54) is 12.1 Å². The smallest absolute Gasteiger partial charge is 0.191 e. The minimum absolute atomic E-state index is 0.227. The topological polar surface area (TPSA) is 54.2 Å². The molecule has 1 aromatic carbocycles. The van der Waals surface area contributed by atoms with Gasteiger partial charge in [-0.15, -0.1) is 0 Å². The van der Waals surface area contributed by atoms with Crippen molar-refractivity contribution in [2.24, 2.45) is 10.9 Å². The fourth-order valence-corrected chi connectivity index (χ4v) is 2.17. The Morgan fingerprint density at radius 2 is 2.09 bits per heavy atom. The number of rotatable bonds is 7. The van der Waals surface area contributed by atoms with Crippen LogP contribution in [0, 0.1) is 11.7 Å². The summed E-state index contributed by atoms with van der Waals surface area (Å²) in [5.41, 5.74) is 0.980. The van der Waals surface area contributed by atoms with Gasteiger partial charge >= 0.3 is 0 Å². The van der Waals surface area contributed by atoms with Gasteiger partial charge in [0.05, 0.1) is 6.54 Å². The van der Waals surface area contributed by atoms with Crippen LogP contribution in [-0.4, -0.2) is 28.8 Å². The van der Waals surface area contributed by atoms with Gasteiger partial charge in [-0.25, -0.2) is 9.38 Å². The van der Waals surface area contributed by atoms with Gasteiger partial charge < -0.3 is 10.6 Å². The van der Waals surface area contributed by atoms with Crippen LogP contribution in [0.5, 0.6) is 0 Å². The van der Waals surface area contributed by atoms with Crippen LogP contribution in [0.15, 0.2) is 47.7 Å². The molecule has 0 aliphatic heterocycles. The van der Waals surface area contributed by atoms with Crippen molar-refractivity contribution in [3.8, 4) is 0 Å². The molecule has 2 aromatic rings. The Kier molecular flexibility index (Phi) is 6.59. The predicted molar refractivity (Wildman–Crippen MR) is 90.6 cm³/mol. The molecule has 0 amide bonds. The lowest BCUT2D eigenvalue weighted by Gasteiger charge is -2.16. The molecule has 2 rings (SSSR count). The minimum atomic E-state index is -0.227. The summed E-state index contributed by atoms with van der Waals surface area (Å²) in [6.45, 7) is 7.17. The van der Waals surface area contributed by atoms with Crippen molar-refractivity contribution in [1.29, 1.82) is 0 Å². The Bertz CT molecular complexity index is 592. The van der Waals surface area contributed by atoms with Crippen LogP contribution >= 0.6 is 0 Å². The predicted octanol–water partition coefficient (Wildman–Crippen LogP) is 2.41. The zero-order chi connectivity index (χ0) is 16.5. The highest BCUT2D eigenvalue weighted by molar-refractivity contribution is 5.79. The third-order valence-electron chi connectivity index (χ3n) is 3.35. The Labute approximate surface area is 136 Å². The molecule has 0 aliphatic carbocycles. The quantitative estimate of drug-likeness (QED) is 0.609. The van der Waals surface area contributed by atoms with E-state index in [0.717, 1.165) is 31.2 Å². The fraction of sp³-hybridized carbons (Fsp3) is 0.412. The summed E-state index contributed by atoms with van der Waals surface area (Å²) in [7, 11) is 0. The van der Waals surface area contributed by atoms with Crippen LogP contribution in [-0.2, 0) is 13.1 Å². The molecule has 1 aromatic heterocycles. The number of halogens is 1. The Balaban J connectivity index is 1.84. The zero-order valence-corrected chi connectivity index (χ0v) is 13.7. The van der Waals surface area contributed by atoms with Gasteiger partial charge in [0.2, 0.25) is 0 Å². The van der Waals surface area contributed by atoms with Gasteiger partial charge in [-0.1, -0.05) is 19.1 Å². The molecule has 124 valence electrons. The zero-order valence-electron chi connectivity index (χ0n) is 13.7. The summed E-state index contributed by atoms with van der Waals surface area (Å²) in [5.74, 6) is 0.962. The molecular formula is C17H24FN5. The number of hydrogen-bond acceptors (Lipinski definition) is 2. The second kappa shape index (κ2) is 8.92. The van der Waals surface area contributed by atoms with Gasteiger partial charge in [0.25, 0.3) is 0 Å². The van der Waals surface area contributed by atoms with E-state index in [9.17, 15) is 4.39 Å². The van der Waals surface area contributed by atoms with E-state index < -0.39 is 0 Å². The largest absolute Gasteiger partial charge is 0.357 e. The third kappa shape index (κ3) is 6.10. The van der Waals surface area contributed by atoms with Crippen LogP contribution in [0.3, 0.4) is 0 Å². The molecule has 1 unspecified atom stereocenters. The highest BCUT2D eigenvalue weighted by Gasteiger charge is 2.05. The number of hydrogen-bond donors (Lipinski definition) is 2. The molecular weight excluding hydrogens is 293 g/mol. The summed E-state index contributed by atoms with van der Waals surface area (Å²) in [4.78, 5) is 4.53. The molecule has 0 fully saturated rings. The van der Waals surface area contributed by atoms with Crippen molar-refractivity contribution in [3.63, 3.8) is 0 Å². The van der Waals surface area contributed by atoms with Gasteiger partial charge in [-0.05, 0) is 36.6 Å². The minimum Gasteiger partial charge on any atom is -0.357 e.